The van der Waals surface area contributed by atoms with E-state index in [-0.39, 0.29) is 11.9 Å². The molecule has 106 valence electrons. The van der Waals surface area contributed by atoms with E-state index < -0.39 is 16.0 Å². The van der Waals surface area contributed by atoms with Crippen LogP contribution in [0.5, 0.6) is 5.75 Å². The molecule has 0 spiro atoms. The van der Waals surface area contributed by atoms with E-state index in [4.69, 9.17) is 10.5 Å². The molecule has 0 heterocycles. The predicted molar refractivity (Wildman–Crippen MR) is 76.6 cm³/mol. The zero-order chi connectivity index (χ0) is 14.6. The lowest BCUT2D eigenvalue weighted by atomic mass is 10.3. The molecule has 0 bridgehead atoms. The average molecular weight is 284 g/mol. The number of anilines is 1. The van der Waals surface area contributed by atoms with Crippen LogP contribution >= 0.6 is 0 Å². The Morgan fingerprint density at radius 1 is 1.37 bits per heavy atom. The Bertz CT molecular complexity index is 489. The summed E-state index contributed by atoms with van der Waals surface area (Å²) in [5, 5.41) is 2.09. The smallest absolute Gasteiger partial charge is 0.236 e. The lowest BCUT2D eigenvalue weighted by Gasteiger charge is -2.16. The Balaban J connectivity index is 2.97. The van der Waals surface area contributed by atoms with Crippen LogP contribution < -0.4 is 15.8 Å². The second-order valence-corrected chi connectivity index (χ2v) is 6.25. The van der Waals surface area contributed by atoms with Gasteiger partial charge in [-0.1, -0.05) is 0 Å². The van der Waals surface area contributed by atoms with Crippen LogP contribution in [0.15, 0.2) is 23.1 Å². The van der Waals surface area contributed by atoms with Crippen LogP contribution in [0.2, 0.25) is 0 Å². The summed E-state index contributed by atoms with van der Waals surface area (Å²) in [6.45, 7) is 5.35. The van der Waals surface area contributed by atoms with E-state index in [0.29, 0.717) is 16.3 Å². The third kappa shape index (κ3) is 3.96. The van der Waals surface area contributed by atoms with Gasteiger partial charge in [0.05, 0.1) is 22.8 Å². The van der Waals surface area contributed by atoms with Crippen molar-refractivity contribution in [2.45, 2.75) is 37.0 Å². The van der Waals surface area contributed by atoms with Gasteiger partial charge in [-0.25, -0.2) is 0 Å². The standard InChI is InChI=1S/C13H20N2O3S/c1-8(2)15-13(16)9(3)19(17)12-6-5-10(14)7-11(12)18-4/h5-9H,14H2,1-4H3,(H,15,16). The molecule has 0 radical (unpaired) electrons. The van der Waals surface area contributed by atoms with Gasteiger partial charge in [-0.3, -0.25) is 9.00 Å². The molecule has 0 saturated heterocycles. The second kappa shape index (κ2) is 6.56. The Hall–Kier alpha value is -1.56. The van der Waals surface area contributed by atoms with Crippen LogP contribution in [0.25, 0.3) is 0 Å². The minimum Gasteiger partial charge on any atom is -0.495 e. The van der Waals surface area contributed by atoms with E-state index in [1.54, 1.807) is 25.1 Å². The number of hydrogen-bond acceptors (Lipinski definition) is 4. The number of rotatable bonds is 5. The molecule has 1 aromatic rings. The molecule has 0 fully saturated rings. The summed E-state index contributed by atoms with van der Waals surface area (Å²) in [7, 11) is -0.00649. The van der Waals surface area contributed by atoms with Crippen molar-refractivity contribution >= 4 is 22.4 Å². The van der Waals surface area contributed by atoms with E-state index in [9.17, 15) is 9.00 Å². The monoisotopic (exact) mass is 284 g/mol. The van der Waals surface area contributed by atoms with E-state index >= 15 is 0 Å². The van der Waals surface area contributed by atoms with Gasteiger partial charge in [-0.2, -0.15) is 0 Å². The van der Waals surface area contributed by atoms with E-state index in [1.165, 1.54) is 7.11 Å². The number of amides is 1. The Kier molecular flexibility index (Phi) is 5.35. The summed E-state index contributed by atoms with van der Waals surface area (Å²) in [6, 6.07) is 4.88. The fourth-order valence-electron chi connectivity index (χ4n) is 1.54. The van der Waals surface area contributed by atoms with Crippen LogP contribution in [0.4, 0.5) is 5.69 Å². The van der Waals surface area contributed by atoms with Gasteiger partial charge in [0.2, 0.25) is 5.91 Å². The molecular weight excluding hydrogens is 264 g/mol. The zero-order valence-electron chi connectivity index (χ0n) is 11.6. The fraction of sp³-hybridized carbons (Fsp3) is 0.462. The fourth-order valence-corrected chi connectivity index (χ4v) is 2.73. The van der Waals surface area contributed by atoms with Gasteiger partial charge >= 0.3 is 0 Å². The Morgan fingerprint density at radius 3 is 2.53 bits per heavy atom. The van der Waals surface area contributed by atoms with Crippen LogP contribution in [-0.2, 0) is 15.6 Å². The van der Waals surface area contributed by atoms with Crippen molar-refractivity contribution in [3.05, 3.63) is 18.2 Å². The van der Waals surface area contributed by atoms with Gasteiger partial charge in [0.1, 0.15) is 11.0 Å². The van der Waals surface area contributed by atoms with Gasteiger partial charge in [-0.05, 0) is 32.9 Å². The van der Waals surface area contributed by atoms with Crippen molar-refractivity contribution in [1.29, 1.82) is 0 Å². The van der Waals surface area contributed by atoms with Gasteiger partial charge in [0.15, 0.2) is 0 Å². The SMILES string of the molecule is COc1cc(N)ccc1S(=O)C(C)C(=O)NC(C)C. The summed E-state index contributed by atoms with van der Waals surface area (Å²) in [5.74, 6) is 0.190. The van der Waals surface area contributed by atoms with Crippen molar-refractivity contribution in [3.63, 3.8) is 0 Å². The molecule has 1 amide bonds. The molecule has 0 saturated carbocycles. The predicted octanol–water partition coefficient (Wildman–Crippen LogP) is 1.30. The highest BCUT2D eigenvalue weighted by atomic mass is 32.2. The maximum atomic E-state index is 12.4. The number of hydrogen-bond donors (Lipinski definition) is 2. The number of ether oxygens (including phenoxy) is 1. The van der Waals surface area contributed by atoms with Crippen molar-refractivity contribution < 1.29 is 13.7 Å². The van der Waals surface area contributed by atoms with Gasteiger partial charge in [0, 0.05) is 17.8 Å². The van der Waals surface area contributed by atoms with Gasteiger partial charge < -0.3 is 15.8 Å². The van der Waals surface area contributed by atoms with Crippen LogP contribution in [0.3, 0.4) is 0 Å². The Labute approximate surface area is 116 Å². The molecular formula is C13H20N2O3S. The maximum Gasteiger partial charge on any atom is 0.236 e. The van der Waals surface area contributed by atoms with E-state index in [2.05, 4.69) is 5.32 Å². The van der Waals surface area contributed by atoms with Crippen LogP contribution in [0.1, 0.15) is 20.8 Å². The van der Waals surface area contributed by atoms with Gasteiger partial charge in [-0.15, -0.1) is 0 Å². The first-order chi connectivity index (χ1) is 8.86. The largest absolute Gasteiger partial charge is 0.495 e. The number of methoxy groups -OCH3 is 1. The highest BCUT2D eigenvalue weighted by Gasteiger charge is 2.24. The van der Waals surface area contributed by atoms with Crippen LogP contribution in [0, 0.1) is 0 Å². The summed E-state index contributed by atoms with van der Waals surface area (Å²) in [6.07, 6.45) is 0. The normalized spacial score (nSPS) is 13.9. The van der Waals surface area contributed by atoms with Gasteiger partial charge in [0.25, 0.3) is 0 Å². The first-order valence-corrected chi connectivity index (χ1v) is 7.22. The highest BCUT2D eigenvalue weighted by Crippen LogP contribution is 2.26. The molecule has 2 atom stereocenters. The molecule has 6 heteroatoms. The third-order valence-corrected chi connectivity index (χ3v) is 4.15. The quantitative estimate of drug-likeness (QED) is 0.799. The first kappa shape index (κ1) is 15.5. The van der Waals surface area contributed by atoms with E-state index in [1.807, 2.05) is 13.8 Å². The molecule has 0 aliphatic carbocycles. The van der Waals surface area contributed by atoms with Crippen molar-refractivity contribution in [2.75, 3.05) is 12.8 Å². The van der Waals surface area contributed by atoms with Crippen molar-refractivity contribution in [1.82, 2.24) is 5.32 Å². The van der Waals surface area contributed by atoms with Crippen molar-refractivity contribution in [2.24, 2.45) is 0 Å². The Morgan fingerprint density at radius 2 is 2.00 bits per heavy atom. The molecule has 3 N–H and O–H groups in total. The van der Waals surface area contributed by atoms with E-state index in [0.717, 1.165) is 0 Å². The molecule has 5 nitrogen and oxygen atoms in total. The number of nitrogen functional groups attached to an aromatic ring is 1. The lowest BCUT2D eigenvalue weighted by Crippen LogP contribution is -2.39. The van der Waals surface area contributed by atoms with Crippen LogP contribution in [-0.4, -0.2) is 28.5 Å². The summed E-state index contributed by atoms with van der Waals surface area (Å²) < 4.78 is 17.5. The molecule has 0 aliphatic rings. The summed E-state index contributed by atoms with van der Waals surface area (Å²) in [5.41, 5.74) is 6.17. The summed E-state index contributed by atoms with van der Waals surface area (Å²) >= 11 is 0. The minimum absolute atomic E-state index is 0.0141. The van der Waals surface area contributed by atoms with Crippen molar-refractivity contribution in [3.8, 4) is 5.75 Å². The second-order valence-electron chi connectivity index (χ2n) is 4.51. The third-order valence-electron chi connectivity index (χ3n) is 2.53. The molecule has 19 heavy (non-hydrogen) atoms. The maximum absolute atomic E-state index is 12.4. The number of nitrogens with two attached hydrogens (primary N) is 1. The minimum atomic E-state index is -1.49. The molecule has 0 aromatic heterocycles. The molecule has 0 aliphatic heterocycles. The molecule has 2 unspecified atom stereocenters. The zero-order valence-corrected chi connectivity index (χ0v) is 12.4. The number of carbonyl (C=O) groups is 1. The molecule has 1 rings (SSSR count). The summed E-state index contributed by atoms with van der Waals surface area (Å²) in [4.78, 5) is 12.3. The molecule has 1 aromatic carbocycles. The number of nitrogens with one attached hydrogen (secondary N) is 1. The number of benzene rings is 1. The lowest BCUT2D eigenvalue weighted by molar-refractivity contribution is -0.120. The average Bonchev–Trinajstić information content (AvgIpc) is 2.36. The first-order valence-electron chi connectivity index (χ1n) is 6.01. The highest BCUT2D eigenvalue weighted by molar-refractivity contribution is 7.86. The topological polar surface area (TPSA) is 81.4 Å². The number of carbonyl (C=O) groups excluding carboxylic acids is 1.